The third-order valence-electron chi connectivity index (χ3n) is 5.21. The molecule has 0 atom stereocenters. The van der Waals surface area contributed by atoms with Crippen LogP contribution in [0.4, 0.5) is 10.1 Å². The van der Waals surface area contributed by atoms with Crippen molar-refractivity contribution in [2.45, 2.75) is 34.2 Å². The molecule has 3 rings (SSSR count). The monoisotopic (exact) mass is 434 g/mol. The number of aromatic nitrogens is 2. The van der Waals surface area contributed by atoms with Gasteiger partial charge in [0.2, 0.25) is 11.8 Å². The second-order valence-corrected chi connectivity index (χ2v) is 7.53. The molecule has 2 amide bonds. The summed E-state index contributed by atoms with van der Waals surface area (Å²) in [5.74, 6) is -0.564. The number of hydrogen-bond donors (Lipinski definition) is 1. The van der Waals surface area contributed by atoms with E-state index in [1.165, 1.54) is 18.2 Å². The smallest absolute Gasteiger partial charge is 0.248 e. The zero-order valence-electron chi connectivity index (χ0n) is 18.7. The molecule has 0 saturated heterocycles. The molecular formula is C25H27FN4O2. The van der Waals surface area contributed by atoms with Crippen LogP contribution < -0.4 is 5.32 Å². The number of halogens is 1. The Labute approximate surface area is 187 Å². The number of anilines is 1. The highest BCUT2D eigenvalue weighted by atomic mass is 19.1. The maximum atomic E-state index is 13.2. The fourth-order valence-corrected chi connectivity index (χ4v) is 3.49. The molecule has 3 aromatic rings. The predicted molar refractivity (Wildman–Crippen MR) is 124 cm³/mol. The van der Waals surface area contributed by atoms with Gasteiger partial charge < -0.3 is 10.2 Å². The van der Waals surface area contributed by atoms with E-state index in [1.54, 1.807) is 34.7 Å². The molecule has 2 aromatic carbocycles. The average molecular weight is 435 g/mol. The first-order valence-electron chi connectivity index (χ1n) is 10.4. The van der Waals surface area contributed by atoms with Gasteiger partial charge in [-0.15, -0.1) is 0 Å². The molecule has 0 fully saturated rings. The lowest BCUT2D eigenvalue weighted by Crippen LogP contribution is -2.27. The van der Waals surface area contributed by atoms with Gasteiger partial charge in [-0.2, -0.15) is 5.10 Å². The van der Waals surface area contributed by atoms with Crippen molar-refractivity contribution in [3.63, 3.8) is 0 Å². The number of hydrogen-bond acceptors (Lipinski definition) is 3. The van der Waals surface area contributed by atoms with Crippen LogP contribution in [0, 0.1) is 19.7 Å². The van der Waals surface area contributed by atoms with Gasteiger partial charge in [-0.3, -0.25) is 9.59 Å². The Kier molecular flexibility index (Phi) is 7.20. The fourth-order valence-electron chi connectivity index (χ4n) is 3.49. The van der Waals surface area contributed by atoms with Gasteiger partial charge in [-0.1, -0.05) is 12.1 Å². The van der Waals surface area contributed by atoms with E-state index >= 15 is 0 Å². The Bertz CT molecular complexity index is 1150. The maximum absolute atomic E-state index is 13.2. The second-order valence-electron chi connectivity index (χ2n) is 7.53. The largest absolute Gasteiger partial charge is 0.339 e. The number of carbonyl (C=O) groups excluding carboxylic acids is 2. The van der Waals surface area contributed by atoms with E-state index in [-0.39, 0.29) is 17.6 Å². The standard InChI is InChI=1S/C25H27FN4O2/c1-5-29(19(4)31)16-20-7-6-8-22(15-20)27-25(32)14-13-24-17(2)28-30(18(24)3)23-11-9-21(26)10-12-23/h6-15H,5,16H2,1-4H3,(H,27,32)/b14-13+. The number of amides is 2. The third-order valence-corrected chi connectivity index (χ3v) is 5.21. The van der Waals surface area contributed by atoms with E-state index in [4.69, 9.17) is 0 Å². The van der Waals surface area contributed by atoms with Crippen molar-refractivity contribution in [2.75, 3.05) is 11.9 Å². The summed E-state index contributed by atoms with van der Waals surface area (Å²) in [6, 6.07) is 13.5. The van der Waals surface area contributed by atoms with Crippen molar-refractivity contribution in [2.24, 2.45) is 0 Å². The van der Waals surface area contributed by atoms with Gasteiger partial charge in [0.05, 0.1) is 11.4 Å². The number of carbonyl (C=O) groups is 2. The number of nitrogens with zero attached hydrogens (tertiary/aromatic N) is 3. The van der Waals surface area contributed by atoms with Crippen molar-refractivity contribution in [3.8, 4) is 5.69 Å². The SMILES string of the molecule is CCN(Cc1cccc(NC(=O)/C=C/c2c(C)nn(-c3ccc(F)cc3)c2C)c1)C(C)=O. The Hall–Kier alpha value is -3.74. The van der Waals surface area contributed by atoms with Crippen LogP contribution in [0.2, 0.25) is 0 Å². The van der Waals surface area contributed by atoms with Gasteiger partial charge in [0, 0.05) is 43.0 Å². The molecule has 7 heteroatoms. The second kappa shape index (κ2) is 10.0. The van der Waals surface area contributed by atoms with Gasteiger partial charge in [0.15, 0.2) is 0 Å². The zero-order chi connectivity index (χ0) is 23.3. The average Bonchev–Trinajstić information content (AvgIpc) is 3.04. The van der Waals surface area contributed by atoms with Crippen LogP contribution in [0.1, 0.15) is 36.4 Å². The molecule has 0 saturated carbocycles. The molecule has 166 valence electrons. The predicted octanol–water partition coefficient (Wildman–Crippen LogP) is 4.65. The van der Waals surface area contributed by atoms with E-state index in [0.29, 0.717) is 18.8 Å². The number of nitrogens with one attached hydrogen (secondary N) is 1. The molecule has 1 aromatic heterocycles. The minimum Gasteiger partial charge on any atom is -0.339 e. The summed E-state index contributed by atoms with van der Waals surface area (Å²) < 4.78 is 14.9. The topological polar surface area (TPSA) is 67.2 Å². The van der Waals surface area contributed by atoms with Gasteiger partial charge >= 0.3 is 0 Å². The van der Waals surface area contributed by atoms with Crippen LogP contribution in [0.5, 0.6) is 0 Å². The van der Waals surface area contributed by atoms with Crippen molar-refractivity contribution in [1.82, 2.24) is 14.7 Å². The highest BCUT2D eigenvalue weighted by molar-refractivity contribution is 6.02. The molecule has 0 radical (unpaired) electrons. The molecule has 0 aliphatic carbocycles. The molecule has 0 unspecified atom stereocenters. The van der Waals surface area contributed by atoms with Gasteiger partial charge in [0.1, 0.15) is 5.82 Å². The Balaban J connectivity index is 1.72. The van der Waals surface area contributed by atoms with Gasteiger partial charge in [0.25, 0.3) is 0 Å². The van der Waals surface area contributed by atoms with E-state index in [1.807, 2.05) is 45.0 Å². The van der Waals surface area contributed by atoms with Crippen molar-refractivity contribution in [3.05, 3.63) is 82.9 Å². The Morgan fingerprint density at radius 1 is 1.16 bits per heavy atom. The Morgan fingerprint density at radius 2 is 1.88 bits per heavy atom. The van der Waals surface area contributed by atoms with E-state index < -0.39 is 0 Å². The molecule has 32 heavy (non-hydrogen) atoms. The quantitative estimate of drug-likeness (QED) is 0.551. The molecule has 0 spiro atoms. The number of benzene rings is 2. The molecule has 0 bridgehead atoms. The van der Waals surface area contributed by atoms with Crippen molar-refractivity contribution in [1.29, 1.82) is 0 Å². The van der Waals surface area contributed by atoms with E-state index in [0.717, 1.165) is 28.2 Å². The molecule has 1 heterocycles. The van der Waals surface area contributed by atoms with E-state index in [2.05, 4.69) is 10.4 Å². The lowest BCUT2D eigenvalue weighted by molar-refractivity contribution is -0.129. The van der Waals surface area contributed by atoms with Crippen LogP contribution in [-0.4, -0.2) is 33.0 Å². The van der Waals surface area contributed by atoms with Crippen LogP contribution >= 0.6 is 0 Å². The lowest BCUT2D eigenvalue weighted by atomic mass is 10.1. The third kappa shape index (κ3) is 5.49. The summed E-state index contributed by atoms with van der Waals surface area (Å²) in [5, 5.41) is 7.37. The maximum Gasteiger partial charge on any atom is 0.248 e. The number of aryl methyl sites for hydroxylation is 1. The summed E-state index contributed by atoms with van der Waals surface area (Å²) >= 11 is 0. The molecule has 0 aliphatic heterocycles. The Morgan fingerprint density at radius 3 is 2.53 bits per heavy atom. The number of rotatable bonds is 7. The zero-order valence-corrected chi connectivity index (χ0v) is 18.7. The summed E-state index contributed by atoms with van der Waals surface area (Å²) in [7, 11) is 0. The minimum atomic E-state index is -0.306. The van der Waals surface area contributed by atoms with Crippen LogP contribution in [0.3, 0.4) is 0 Å². The van der Waals surface area contributed by atoms with Crippen LogP contribution in [-0.2, 0) is 16.1 Å². The van der Waals surface area contributed by atoms with E-state index in [9.17, 15) is 14.0 Å². The first kappa shape index (κ1) is 22.9. The van der Waals surface area contributed by atoms with Crippen molar-refractivity contribution < 1.29 is 14.0 Å². The van der Waals surface area contributed by atoms with Gasteiger partial charge in [-0.25, -0.2) is 9.07 Å². The molecular weight excluding hydrogens is 407 g/mol. The summed E-state index contributed by atoms with van der Waals surface area (Å²) in [6.45, 7) is 8.36. The lowest BCUT2D eigenvalue weighted by Gasteiger charge is -2.19. The normalized spacial score (nSPS) is 11.0. The van der Waals surface area contributed by atoms with Crippen molar-refractivity contribution >= 4 is 23.6 Å². The summed E-state index contributed by atoms with van der Waals surface area (Å²) in [4.78, 5) is 25.9. The highest BCUT2D eigenvalue weighted by Gasteiger charge is 2.12. The van der Waals surface area contributed by atoms with Crippen LogP contribution in [0.15, 0.2) is 54.6 Å². The highest BCUT2D eigenvalue weighted by Crippen LogP contribution is 2.20. The fraction of sp³-hybridized carbons (Fsp3) is 0.240. The molecule has 1 N–H and O–H groups in total. The molecule has 0 aliphatic rings. The first-order valence-corrected chi connectivity index (χ1v) is 10.4. The minimum absolute atomic E-state index is 0.0109. The molecule has 6 nitrogen and oxygen atoms in total. The van der Waals surface area contributed by atoms with Crippen LogP contribution in [0.25, 0.3) is 11.8 Å². The first-order chi connectivity index (χ1) is 15.3. The summed E-state index contributed by atoms with van der Waals surface area (Å²) in [5.41, 5.74) is 4.80. The van der Waals surface area contributed by atoms with Gasteiger partial charge in [-0.05, 0) is 68.8 Å². The summed E-state index contributed by atoms with van der Waals surface area (Å²) in [6.07, 6.45) is 3.19.